The predicted molar refractivity (Wildman–Crippen MR) is 74.2 cm³/mol. The van der Waals surface area contributed by atoms with Crippen molar-refractivity contribution in [2.24, 2.45) is 5.92 Å². The molecule has 2 aliphatic rings. The van der Waals surface area contributed by atoms with Crippen molar-refractivity contribution in [3.05, 3.63) is 11.6 Å². The van der Waals surface area contributed by atoms with E-state index < -0.39 is 0 Å². The average Bonchev–Trinajstić information content (AvgIpc) is 3.12. The molecule has 1 aliphatic carbocycles. The Morgan fingerprint density at radius 2 is 2.12 bits per heavy atom. The van der Waals surface area contributed by atoms with E-state index in [0.717, 1.165) is 25.0 Å². The maximum Gasteiger partial charge on any atom is 0.0307 e. The average molecular weight is 236 g/mol. The zero-order chi connectivity index (χ0) is 12.5. The van der Waals surface area contributed by atoms with Crippen LogP contribution in [0.3, 0.4) is 0 Å². The van der Waals surface area contributed by atoms with E-state index in [1.807, 2.05) is 0 Å². The summed E-state index contributed by atoms with van der Waals surface area (Å²) in [6, 6.07) is 0.750. The van der Waals surface area contributed by atoms with Crippen molar-refractivity contribution >= 4 is 0 Å². The lowest BCUT2D eigenvalue weighted by Crippen LogP contribution is -2.63. The van der Waals surface area contributed by atoms with Crippen molar-refractivity contribution in [2.75, 3.05) is 19.6 Å². The van der Waals surface area contributed by atoms with Gasteiger partial charge in [0.2, 0.25) is 0 Å². The van der Waals surface area contributed by atoms with E-state index in [0.29, 0.717) is 5.54 Å². The number of hydrogen-bond acceptors (Lipinski definition) is 2. The Kier molecular flexibility index (Phi) is 3.94. The topological polar surface area (TPSA) is 15.3 Å². The number of nitrogens with zero attached hydrogens (tertiary/aromatic N) is 1. The lowest BCUT2D eigenvalue weighted by Gasteiger charge is -2.48. The molecule has 0 aromatic heterocycles. The van der Waals surface area contributed by atoms with Gasteiger partial charge in [0, 0.05) is 31.2 Å². The van der Waals surface area contributed by atoms with E-state index in [9.17, 15) is 0 Å². The molecule has 2 heteroatoms. The van der Waals surface area contributed by atoms with Crippen molar-refractivity contribution in [1.82, 2.24) is 10.2 Å². The van der Waals surface area contributed by atoms with E-state index in [-0.39, 0.29) is 0 Å². The molecule has 0 aromatic carbocycles. The predicted octanol–water partition coefficient (Wildman–Crippen LogP) is 2.81. The Hall–Kier alpha value is -0.340. The number of rotatable bonds is 4. The van der Waals surface area contributed by atoms with E-state index >= 15 is 0 Å². The molecule has 17 heavy (non-hydrogen) atoms. The van der Waals surface area contributed by atoms with Gasteiger partial charge in [0.15, 0.2) is 0 Å². The Morgan fingerprint density at radius 1 is 1.41 bits per heavy atom. The highest BCUT2D eigenvalue weighted by Crippen LogP contribution is 2.36. The van der Waals surface area contributed by atoms with Crippen LogP contribution >= 0.6 is 0 Å². The van der Waals surface area contributed by atoms with E-state index in [1.54, 1.807) is 0 Å². The van der Waals surface area contributed by atoms with Gasteiger partial charge in [-0.05, 0) is 46.0 Å². The van der Waals surface area contributed by atoms with E-state index in [2.05, 4.69) is 44.0 Å². The third-order valence-corrected chi connectivity index (χ3v) is 4.60. The van der Waals surface area contributed by atoms with E-state index in [1.165, 1.54) is 31.4 Å². The summed E-state index contributed by atoms with van der Waals surface area (Å²) in [5.41, 5.74) is 1.78. The Balaban J connectivity index is 2.01. The van der Waals surface area contributed by atoms with Crippen LogP contribution < -0.4 is 5.32 Å². The van der Waals surface area contributed by atoms with Crippen molar-refractivity contribution in [2.45, 2.75) is 58.5 Å². The maximum atomic E-state index is 3.78. The zero-order valence-corrected chi connectivity index (χ0v) is 11.9. The largest absolute Gasteiger partial charge is 0.311 e. The molecular formula is C15H28N2. The van der Waals surface area contributed by atoms with E-state index in [4.69, 9.17) is 0 Å². The fraction of sp³-hybridized carbons (Fsp3) is 0.867. The molecule has 1 heterocycles. The molecule has 0 radical (unpaired) electrons. The Morgan fingerprint density at radius 3 is 2.65 bits per heavy atom. The van der Waals surface area contributed by atoms with Crippen LogP contribution in [0, 0.1) is 5.92 Å². The number of allylic oxidation sites excluding steroid dienone is 1. The lowest BCUT2D eigenvalue weighted by atomic mass is 9.91. The smallest absolute Gasteiger partial charge is 0.0307 e. The van der Waals surface area contributed by atoms with Gasteiger partial charge >= 0.3 is 0 Å². The fourth-order valence-electron chi connectivity index (χ4n) is 2.74. The van der Waals surface area contributed by atoms with Gasteiger partial charge in [-0.3, -0.25) is 4.90 Å². The standard InChI is InChI=1S/C15H28N2/c1-5-15(4)11-16-14(13-6-7-13)10-17(15)9-8-12(2)3/h8,13-14,16H,5-7,9-11H2,1-4H3. The summed E-state index contributed by atoms with van der Waals surface area (Å²) in [5, 5.41) is 3.78. The quantitative estimate of drug-likeness (QED) is 0.755. The first-order chi connectivity index (χ1) is 8.05. The van der Waals surface area contributed by atoms with Crippen LogP contribution in [-0.4, -0.2) is 36.1 Å². The van der Waals surface area contributed by atoms with Crippen molar-refractivity contribution in [1.29, 1.82) is 0 Å². The summed E-state index contributed by atoms with van der Waals surface area (Å²) < 4.78 is 0. The number of piperazine rings is 1. The highest BCUT2D eigenvalue weighted by Gasteiger charge is 2.41. The van der Waals surface area contributed by atoms with Crippen molar-refractivity contribution in [3.63, 3.8) is 0 Å². The molecule has 0 amide bonds. The van der Waals surface area contributed by atoms with Crippen LogP contribution in [0.4, 0.5) is 0 Å². The van der Waals surface area contributed by atoms with Crippen LogP contribution in [0.15, 0.2) is 11.6 Å². The van der Waals surface area contributed by atoms with Gasteiger partial charge in [-0.25, -0.2) is 0 Å². The zero-order valence-electron chi connectivity index (χ0n) is 11.9. The van der Waals surface area contributed by atoms with Gasteiger partial charge in [-0.15, -0.1) is 0 Å². The number of nitrogens with one attached hydrogen (secondary N) is 1. The van der Waals surface area contributed by atoms with Crippen molar-refractivity contribution < 1.29 is 0 Å². The third-order valence-electron chi connectivity index (χ3n) is 4.60. The number of hydrogen-bond donors (Lipinski definition) is 1. The van der Waals surface area contributed by atoms with Crippen LogP contribution in [-0.2, 0) is 0 Å². The molecule has 0 spiro atoms. The first-order valence-electron chi connectivity index (χ1n) is 7.17. The van der Waals surface area contributed by atoms with Crippen LogP contribution in [0.5, 0.6) is 0 Å². The second-order valence-corrected chi connectivity index (χ2v) is 6.36. The second-order valence-electron chi connectivity index (χ2n) is 6.36. The molecule has 98 valence electrons. The van der Waals surface area contributed by atoms with Crippen LogP contribution in [0.25, 0.3) is 0 Å². The third kappa shape index (κ3) is 3.11. The summed E-state index contributed by atoms with van der Waals surface area (Å²) in [4.78, 5) is 2.69. The molecule has 2 atom stereocenters. The highest BCUT2D eigenvalue weighted by molar-refractivity contribution is 5.03. The second kappa shape index (κ2) is 5.11. The molecule has 0 bridgehead atoms. The van der Waals surface area contributed by atoms with Gasteiger partial charge in [0.25, 0.3) is 0 Å². The molecular weight excluding hydrogens is 208 g/mol. The summed E-state index contributed by atoms with van der Waals surface area (Å²) in [7, 11) is 0. The molecule has 2 rings (SSSR count). The molecule has 1 saturated heterocycles. The minimum absolute atomic E-state index is 0.345. The lowest BCUT2D eigenvalue weighted by molar-refractivity contribution is 0.0552. The summed E-state index contributed by atoms with van der Waals surface area (Å²) >= 11 is 0. The molecule has 2 unspecified atom stereocenters. The Bertz CT molecular complexity index is 289. The molecule has 1 saturated carbocycles. The fourth-order valence-corrected chi connectivity index (χ4v) is 2.74. The molecule has 2 fully saturated rings. The normalized spacial score (nSPS) is 34.7. The van der Waals surface area contributed by atoms with Gasteiger partial charge in [0.1, 0.15) is 0 Å². The highest BCUT2D eigenvalue weighted by atomic mass is 15.3. The van der Waals surface area contributed by atoms with Gasteiger partial charge in [-0.2, -0.15) is 0 Å². The summed E-state index contributed by atoms with van der Waals surface area (Å²) in [5.74, 6) is 0.964. The first kappa shape index (κ1) is 13.1. The van der Waals surface area contributed by atoms with Crippen LogP contribution in [0.1, 0.15) is 47.0 Å². The minimum Gasteiger partial charge on any atom is -0.311 e. The molecule has 1 aliphatic heterocycles. The van der Waals surface area contributed by atoms with Crippen LogP contribution in [0.2, 0.25) is 0 Å². The van der Waals surface area contributed by atoms with Crippen molar-refractivity contribution in [3.8, 4) is 0 Å². The monoisotopic (exact) mass is 236 g/mol. The maximum absolute atomic E-state index is 3.78. The van der Waals surface area contributed by atoms with Gasteiger partial charge in [-0.1, -0.05) is 18.6 Å². The molecule has 2 nitrogen and oxygen atoms in total. The summed E-state index contributed by atoms with van der Waals surface area (Å²) in [6.45, 7) is 12.6. The molecule has 1 N–H and O–H groups in total. The first-order valence-corrected chi connectivity index (χ1v) is 7.17. The summed E-state index contributed by atoms with van der Waals surface area (Å²) in [6.07, 6.45) is 6.49. The van der Waals surface area contributed by atoms with Gasteiger partial charge in [0.05, 0.1) is 0 Å². The minimum atomic E-state index is 0.345. The Labute approximate surface area is 106 Å². The van der Waals surface area contributed by atoms with Gasteiger partial charge < -0.3 is 5.32 Å². The molecule has 0 aromatic rings. The SMILES string of the molecule is CCC1(C)CNC(C2CC2)CN1CC=C(C)C.